The van der Waals surface area contributed by atoms with Crippen molar-refractivity contribution in [3.63, 3.8) is 0 Å². The third kappa shape index (κ3) is 3.95. The van der Waals surface area contributed by atoms with Gasteiger partial charge in [-0.05, 0) is 30.9 Å². The number of rotatable bonds is 6. The number of nitrogens with one attached hydrogen (secondary N) is 1. The molecule has 0 aliphatic carbocycles. The van der Waals surface area contributed by atoms with Gasteiger partial charge in [0.15, 0.2) is 5.82 Å². The summed E-state index contributed by atoms with van der Waals surface area (Å²) in [5.41, 5.74) is 9.87. The van der Waals surface area contributed by atoms with Crippen LogP contribution < -0.4 is 16.5 Å². The minimum atomic E-state index is -1.51. The smallest absolute Gasteiger partial charge is 0.423 e. The van der Waals surface area contributed by atoms with Crippen molar-refractivity contribution in [1.29, 1.82) is 0 Å². The normalized spacial score (nSPS) is 11.0. The van der Waals surface area contributed by atoms with Gasteiger partial charge in [0.1, 0.15) is 5.82 Å². The van der Waals surface area contributed by atoms with Gasteiger partial charge in [-0.1, -0.05) is 36.4 Å². The lowest BCUT2D eigenvalue weighted by Crippen LogP contribution is -2.30. The average Bonchev–Trinajstić information content (AvgIpc) is 3.10. The number of benzene rings is 2. The number of carbonyl (C=O) groups excluding carboxylic acids is 1. The molecule has 0 spiro atoms. The third-order valence-electron chi connectivity index (χ3n) is 5.61. The number of aromatic nitrogens is 3. The van der Waals surface area contributed by atoms with Crippen molar-refractivity contribution in [1.82, 2.24) is 14.5 Å². The number of fused-ring (bicyclic) bond motifs is 1. The number of hydrogen-bond donors (Lipinski definition) is 4. The van der Waals surface area contributed by atoms with Gasteiger partial charge in [0.25, 0.3) is 0 Å². The van der Waals surface area contributed by atoms with E-state index in [1.165, 1.54) is 0 Å². The van der Waals surface area contributed by atoms with E-state index in [2.05, 4.69) is 5.32 Å². The van der Waals surface area contributed by atoms with E-state index in [1.54, 1.807) is 30.3 Å². The Labute approximate surface area is 185 Å². The zero-order valence-corrected chi connectivity index (χ0v) is 18.1. The summed E-state index contributed by atoms with van der Waals surface area (Å²) in [5, 5.41) is 23.8. The molecular weight excluding hydrogens is 405 g/mol. The van der Waals surface area contributed by atoms with Gasteiger partial charge in [0.2, 0.25) is 5.91 Å². The van der Waals surface area contributed by atoms with E-state index in [1.807, 2.05) is 43.8 Å². The lowest BCUT2D eigenvalue weighted by molar-refractivity contribution is 0.100. The maximum atomic E-state index is 11.9. The quantitative estimate of drug-likeness (QED) is 0.345. The molecule has 2 heterocycles. The highest BCUT2D eigenvalue weighted by Gasteiger charge is 2.18. The number of anilines is 1. The molecule has 9 heteroatoms. The van der Waals surface area contributed by atoms with Gasteiger partial charge in [-0.2, -0.15) is 0 Å². The maximum absolute atomic E-state index is 11.9. The molecule has 0 fully saturated rings. The Morgan fingerprint density at radius 2 is 1.88 bits per heavy atom. The zero-order valence-electron chi connectivity index (χ0n) is 18.1. The van der Waals surface area contributed by atoms with Crippen LogP contribution in [-0.2, 0) is 13.6 Å². The summed E-state index contributed by atoms with van der Waals surface area (Å²) in [4.78, 5) is 21.3. The highest BCUT2D eigenvalue weighted by molar-refractivity contribution is 6.58. The monoisotopic (exact) mass is 429 g/mol. The molecule has 2 aromatic carbocycles. The summed E-state index contributed by atoms with van der Waals surface area (Å²) in [5.74, 6) is 0.739. The Balaban J connectivity index is 1.74. The first-order chi connectivity index (χ1) is 15.3. The fourth-order valence-corrected chi connectivity index (χ4v) is 3.81. The van der Waals surface area contributed by atoms with Crippen LogP contribution >= 0.6 is 0 Å². The Morgan fingerprint density at radius 1 is 1.12 bits per heavy atom. The molecular formula is C23H24BN5O3. The first-order valence-electron chi connectivity index (χ1n) is 10.2. The second-order valence-corrected chi connectivity index (χ2v) is 7.80. The van der Waals surface area contributed by atoms with Gasteiger partial charge >= 0.3 is 7.12 Å². The van der Waals surface area contributed by atoms with Crippen molar-refractivity contribution in [2.24, 2.45) is 12.8 Å². The molecule has 8 nitrogen and oxygen atoms in total. The Morgan fingerprint density at radius 3 is 2.59 bits per heavy atom. The Hall–Kier alpha value is -3.69. The molecule has 4 aromatic rings. The van der Waals surface area contributed by atoms with Crippen molar-refractivity contribution in [2.45, 2.75) is 20.4 Å². The van der Waals surface area contributed by atoms with Crippen LogP contribution in [-0.4, -0.2) is 37.6 Å². The number of amides is 1. The second kappa shape index (κ2) is 8.45. The lowest BCUT2D eigenvalue weighted by Gasteiger charge is -2.14. The first kappa shape index (κ1) is 21.5. The van der Waals surface area contributed by atoms with Crippen LogP contribution in [0.15, 0.2) is 48.7 Å². The lowest BCUT2D eigenvalue weighted by atomic mass is 9.80. The summed E-state index contributed by atoms with van der Waals surface area (Å²) < 4.78 is 1.90. The Bertz CT molecular complexity index is 1330. The van der Waals surface area contributed by atoms with Gasteiger partial charge in [-0.3, -0.25) is 4.79 Å². The number of primary amides is 1. The van der Waals surface area contributed by atoms with Crippen molar-refractivity contribution in [3.8, 4) is 11.5 Å². The summed E-state index contributed by atoms with van der Waals surface area (Å²) in [6.07, 6.45) is 1.86. The number of aryl methyl sites for hydroxylation is 2. The van der Waals surface area contributed by atoms with Crippen molar-refractivity contribution in [2.75, 3.05) is 5.32 Å². The number of nitrogens with two attached hydrogens (primary N) is 1. The molecule has 0 saturated carbocycles. The van der Waals surface area contributed by atoms with Crippen LogP contribution in [0.1, 0.15) is 27.2 Å². The highest BCUT2D eigenvalue weighted by atomic mass is 16.4. The van der Waals surface area contributed by atoms with Crippen LogP contribution in [0.4, 0.5) is 5.82 Å². The van der Waals surface area contributed by atoms with Crippen molar-refractivity contribution < 1.29 is 14.8 Å². The predicted molar refractivity (Wildman–Crippen MR) is 126 cm³/mol. The van der Waals surface area contributed by atoms with Gasteiger partial charge in [0.05, 0.1) is 5.69 Å². The molecule has 2 aromatic heterocycles. The SMILES string of the molecule is Cc1nc(-c2c3cccc(C(N)=O)c3cn2C)nc(NCc2cccc(B(O)O)c2)c1C. The number of nitrogens with zero attached hydrogens (tertiary/aromatic N) is 3. The largest absolute Gasteiger partial charge is 0.488 e. The molecule has 5 N–H and O–H groups in total. The summed E-state index contributed by atoms with van der Waals surface area (Å²) in [6.45, 7) is 4.33. The summed E-state index contributed by atoms with van der Waals surface area (Å²) >= 11 is 0. The van der Waals surface area contributed by atoms with Crippen molar-refractivity contribution in [3.05, 3.63) is 71.0 Å². The first-order valence-corrected chi connectivity index (χ1v) is 10.2. The number of hydrogen-bond acceptors (Lipinski definition) is 6. The fraction of sp³-hybridized carbons (Fsp3) is 0.174. The molecule has 0 radical (unpaired) electrons. The third-order valence-corrected chi connectivity index (χ3v) is 5.61. The maximum Gasteiger partial charge on any atom is 0.488 e. The molecule has 0 aliphatic rings. The number of carbonyl (C=O) groups is 1. The van der Waals surface area contributed by atoms with E-state index in [9.17, 15) is 14.8 Å². The van der Waals surface area contributed by atoms with E-state index >= 15 is 0 Å². The molecule has 0 unspecified atom stereocenters. The summed E-state index contributed by atoms with van der Waals surface area (Å²) in [6, 6.07) is 12.5. The molecule has 0 atom stereocenters. The van der Waals surface area contributed by atoms with Crippen LogP contribution in [0.3, 0.4) is 0 Å². The minimum Gasteiger partial charge on any atom is -0.423 e. The van der Waals surface area contributed by atoms with Crippen LogP contribution in [0.5, 0.6) is 0 Å². The topological polar surface area (TPSA) is 126 Å². The Kier molecular flexibility index (Phi) is 5.69. The zero-order chi connectivity index (χ0) is 23.0. The van der Waals surface area contributed by atoms with E-state index in [0.29, 0.717) is 29.2 Å². The minimum absolute atomic E-state index is 0.432. The van der Waals surface area contributed by atoms with E-state index in [4.69, 9.17) is 15.7 Å². The van der Waals surface area contributed by atoms with Gasteiger partial charge in [0, 0.05) is 47.4 Å². The second-order valence-electron chi connectivity index (χ2n) is 7.80. The van der Waals surface area contributed by atoms with E-state index in [-0.39, 0.29) is 0 Å². The van der Waals surface area contributed by atoms with Crippen molar-refractivity contribution >= 4 is 35.1 Å². The molecule has 1 amide bonds. The van der Waals surface area contributed by atoms with E-state index < -0.39 is 13.0 Å². The van der Waals surface area contributed by atoms with E-state index in [0.717, 1.165) is 33.3 Å². The average molecular weight is 429 g/mol. The van der Waals surface area contributed by atoms with Gasteiger partial charge in [-0.25, -0.2) is 9.97 Å². The van der Waals surface area contributed by atoms with Gasteiger partial charge < -0.3 is 25.7 Å². The molecule has 162 valence electrons. The molecule has 0 saturated heterocycles. The van der Waals surface area contributed by atoms with Crippen LogP contribution in [0.2, 0.25) is 0 Å². The molecule has 0 aliphatic heterocycles. The molecule has 32 heavy (non-hydrogen) atoms. The molecule has 0 bridgehead atoms. The predicted octanol–water partition coefficient (Wildman–Crippen LogP) is 1.64. The van der Waals surface area contributed by atoms with Gasteiger partial charge in [-0.15, -0.1) is 0 Å². The molecule has 4 rings (SSSR count). The highest BCUT2D eigenvalue weighted by Crippen LogP contribution is 2.31. The van der Waals surface area contributed by atoms with Crippen LogP contribution in [0.25, 0.3) is 22.3 Å². The fourth-order valence-electron chi connectivity index (χ4n) is 3.81. The van der Waals surface area contributed by atoms with Crippen LogP contribution in [0, 0.1) is 13.8 Å². The standard InChI is InChI=1S/C23H24BN5O3/c1-13-14(2)27-23(20-17-8-5-9-18(21(25)30)19(17)12-29(20)3)28-22(13)26-11-15-6-4-7-16(10-15)24(31)32/h4-10,12,31-32H,11H2,1-3H3,(H2,25,30)(H,26,27,28). The summed E-state index contributed by atoms with van der Waals surface area (Å²) in [7, 11) is 0.373.